The van der Waals surface area contributed by atoms with Gasteiger partial charge >= 0.3 is 6.61 Å². The molecule has 0 radical (unpaired) electrons. The van der Waals surface area contributed by atoms with Crippen LogP contribution in [0.1, 0.15) is 44.3 Å². The summed E-state index contributed by atoms with van der Waals surface area (Å²) in [5.41, 5.74) is 7.49. The van der Waals surface area contributed by atoms with E-state index in [2.05, 4.69) is 14.8 Å². The Morgan fingerprint density at radius 1 is 1.22 bits per heavy atom. The van der Waals surface area contributed by atoms with Crippen molar-refractivity contribution in [2.24, 2.45) is 11.8 Å². The molecule has 0 aliphatic heterocycles. The molecule has 9 heteroatoms. The van der Waals surface area contributed by atoms with Crippen molar-refractivity contribution in [3.8, 4) is 17.0 Å². The van der Waals surface area contributed by atoms with Crippen LogP contribution >= 0.6 is 0 Å². The van der Waals surface area contributed by atoms with Gasteiger partial charge in [-0.15, -0.1) is 0 Å². The van der Waals surface area contributed by atoms with E-state index in [1.807, 2.05) is 24.6 Å². The topological polar surface area (TPSA) is 66.0 Å². The zero-order chi connectivity index (χ0) is 19.5. The molecule has 0 amide bonds. The summed E-state index contributed by atoms with van der Waals surface area (Å²) in [7, 11) is 0. The summed E-state index contributed by atoms with van der Waals surface area (Å²) in [6.07, 6.45) is 1.26. The molecule has 2 unspecified atom stereocenters. The highest BCUT2D eigenvalue weighted by Crippen LogP contribution is 2.67. The molecule has 2 aromatic heterocycles. The van der Waals surface area contributed by atoms with Crippen LogP contribution in [0.25, 0.3) is 11.3 Å². The first-order chi connectivity index (χ1) is 12.7. The summed E-state index contributed by atoms with van der Waals surface area (Å²) in [5.74, 6) is -2.91. The highest BCUT2D eigenvalue weighted by molar-refractivity contribution is 5.64. The van der Waals surface area contributed by atoms with Gasteiger partial charge in [0.15, 0.2) is 11.6 Å². The summed E-state index contributed by atoms with van der Waals surface area (Å²) >= 11 is 0. The third kappa shape index (κ3) is 3.23. The van der Waals surface area contributed by atoms with Crippen molar-refractivity contribution in [3.63, 3.8) is 0 Å². The number of hydrogen-bond acceptors (Lipinski definition) is 4. The van der Waals surface area contributed by atoms with Crippen LogP contribution in [0.3, 0.4) is 0 Å². The maximum Gasteiger partial charge on any atom is 0.387 e. The molecule has 0 saturated heterocycles. The zero-order valence-corrected chi connectivity index (χ0v) is 14.9. The van der Waals surface area contributed by atoms with E-state index in [0.717, 1.165) is 5.69 Å². The quantitative estimate of drug-likeness (QED) is 0.773. The fourth-order valence-corrected chi connectivity index (χ4v) is 4.21. The standard InChI is InChI=1S/C18H20F4N4O/c1-8(2)26-13(15-10-5-18(21,22)6-11(10)15)4-12(25-26)9-3-14(27-17(19)20)16(23)24-7-9/h3-4,7-8,10-11,15,17H,5-6H2,1-2H3,(H2,23,24). The Morgan fingerprint density at radius 2 is 1.89 bits per heavy atom. The number of anilines is 1. The van der Waals surface area contributed by atoms with Gasteiger partial charge in [0.1, 0.15) is 0 Å². The molecule has 146 valence electrons. The molecule has 2 aliphatic carbocycles. The van der Waals surface area contributed by atoms with Crippen LogP contribution in [0.15, 0.2) is 18.3 Å². The molecule has 2 N–H and O–H groups in total. The second kappa shape index (κ2) is 6.10. The van der Waals surface area contributed by atoms with E-state index in [-0.39, 0.29) is 48.2 Å². The zero-order valence-electron chi connectivity index (χ0n) is 14.9. The van der Waals surface area contributed by atoms with Gasteiger partial charge in [0.2, 0.25) is 5.92 Å². The van der Waals surface area contributed by atoms with Gasteiger partial charge < -0.3 is 10.5 Å². The van der Waals surface area contributed by atoms with Crippen molar-refractivity contribution in [1.82, 2.24) is 14.8 Å². The Morgan fingerprint density at radius 3 is 2.48 bits per heavy atom. The Hall–Kier alpha value is -2.32. The van der Waals surface area contributed by atoms with Crippen molar-refractivity contribution >= 4 is 5.82 Å². The fourth-order valence-electron chi connectivity index (χ4n) is 4.21. The lowest BCUT2D eigenvalue weighted by Crippen LogP contribution is -2.15. The van der Waals surface area contributed by atoms with Gasteiger partial charge in [-0.2, -0.15) is 13.9 Å². The fraction of sp³-hybridized carbons (Fsp3) is 0.556. The second-order valence-electron chi connectivity index (χ2n) is 7.60. The molecule has 2 heterocycles. The number of fused-ring (bicyclic) bond motifs is 1. The minimum absolute atomic E-state index is 0.0238. The maximum absolute atomic E-state index is 13.5. The second-order valence-corrected chi connectivity index (χ2v) is 7.60. The van der Waals surface area contributed by atoms with Crippen LogP contribution in [-0.2, 0) is 0 Å². The number of ether oxygens (including phenoxy) is 1. The van der Waals surface area contributed by atoms with Crippen molar-refractivity contribution in [1.29, 1.82) is 0 Å². The monoisotopic (exact) mass is 384 g/mol. The normalized spacial score (nSPS) is 25.9. The van der Waals surface area contributed by atoms with E-state index in [4.69, 9.17) is 5.73 Å². The van der Waals surface area contributed by atoms with E-state index in [1.165, 1.54) is 12.3 Å². The minimum Gasteiger partial charge on any atom is -0.431 e. The number of pyridine rings is 1. The Balaban J connectivity index is 1.66. The highest BCUT2D eigenvalue weighted by atomic mass is 19.3. The smallest absolute Gasteiger partial charge is 0.387 e. The van der Waals surface area contributed by atoms with E-state index in [1.54, 1.807) is 0 Å². The third-order valence-electron chi connectivity index (χ3n) is 5.39. The van der Waals surface area contributed by atoms with E-state index < -0.39 is 12.5 Å². The van der Waals surface area contributed by atoms with Crippen molar-refractivity contribution in [2.75, 3.05) is 5.73 Å². The molecule has 0 bridgehead atoms. The van der Waals surface area contributed by atoms with Crippen LogP contribution in [-0.4, -0.2) is 27.3 Å². The first kappa shape index (κ1) is 18.1. The van der Waals surface area contributed by atoms with Crippen LogP contribution in [0.2, 0.25) is 0 Å². The lowest BCUT2D eigenvalue weighted by Gasteiger charge is -2.15. The molecule has 5 nitrogen and oxygen atoms in total. The summed E-state index contributed by atoms with van der Waals surface area (Å²) in [5, 5.41) is 4.56. The molecule has 2 atom stereocenters. The molecule has 0 spiro atoms. The van der Waals surface area contributed by atoms with Crippen LogP contribution < -0.4 is 10.5 Å². The average Bonchev–Trinajstić information content (AvgIpc) is 2.94. The molecule has 0 aromatic carbocycles. The van der Waals surface area contributed by atoms with Gasteiger partial charge in [-0.25, -0.2) is 13.8 Å². The van der Waals surface area contributed by atoms with Crippen molar-refractivity contribution in [2.45, 2.75) is 51.2 Å². The Bertz CT molecular complexity index is 853. The molecule has 2 aromatic rings. The summed E-state index contributed by atoms with van der Waals surface area (Å²) in [6, 6.07) is 3.24. The van der Waals surface area contributed by atoms with Gasteiger partial charge in [0.05, 0.1) is 5.69 Å². The van der Waals surface area contributed by atoms with Crippen molar-refractivity contribution < 1.29 is 22.3 Å². The Labute approximate surface area is 153 Å². The predicted molar refractivity (Wildman–Crippen MR) is 90.8 cm³/mol. The summed E-state index contributed by atoms with van der Waals surface area (Å²) in [6.45, 7) is 0.903. The van der Waals surface area contributed by atoms with Crippen LogP contribution in [0, 0.1) is 11.8 Å². The average molecular weight is 384 g/mol. The molecule has 4 rings (SSSR count). The van der Waals surface area contributed by atoms with E-state index >= 15 is 0 Å². The molecule has 2 saturated carbocycles. The van der Waals surface area contributed by atoms with E-state index in [9.17, 15) is 17.6 Å². The first-order valence-corrected chi connectivity index (χ1v) is 8.84. The number of alkyl halides is 4. The number of rotatable bonds is 5. The number of halogens is 4. The first-order valence-electron chi connectivity index (χ1n) is 8.84. The molecular formula is C18H20F4N4O. The maximum atomic E-state index is 13.5. The van der Waals surface area contributed by atoms with Gasteiger partial charge in [-0.3, -0.25) is 4.68 Å². The van der Waals surface area contributed by atoms with Gasteiger partial charge in [0.25, 0.3) is 0 Å². The minimum atomic E-state index is -3.01. The third-order valence-corrected chi connectivity index (χ3v) is 5.39. The van der Waals surface area contributed by atoms with Gasteiger partial charge in [-0.1, -0.05) is 0 Å². The van der Waals surface area contributed by atoms with Gasteiger partial charge in [0, 0.05) is 42.3 Å². The number of nitrogens with zero attached hydrogens (tertiary/aromatic N) is 3. The van der Waals surface area contributed by atoms with Gasteiger partial charge in [-0.05, 0) is 37.8 Å². The SMILES string of the molecule is CC(C)n1nc(-c2cnc(N)c(OC(F)F)c2)cc1C1C2CC(F)(F)CC21. The molecule has 2 fully saturated rings. The number of aromatic nitrogens is 3. The Kier molecular flexibility index (Phi) is 4.08. The lowest BCUT2D eigenvalue weighted by atomic mass is 10.0. The molecule has 2 aliphatic rings. The number of nitrogen functional groups attached to an aromatic ring is 1. The largest absolute Gasteiger partial charge is 0.431 e. The number of hydrogen-bond donors (Lipinski definition) is 1. The van der Waals surface area contributed by atoms with Crippen LogP contribution in [0.4, 0.5) is 23.4 Å². The lowest BCUT2D eigenvalue weighted by molar-refractivity contribution is -0.0494. The van der Waals surface area contributed by atoms with Crippen LogP contribution in [0.5, 0.6) is 5.75 Å². The number of nitrogens with two attached hydrogens (primary N) is 1. The van der Waals surface area contributed by atoms with Crippen molar-refractivity contribution in [3.05, 3.63) is 24.0 Å². The summed E-state index contributed by atoms with van der Waals surface area (Å²) < 4.78 is 58.3. The molecular weight excluding hydrogens is 364 g/mol. The van der Waals surface area contributed by atoms with E-state index in [0.29, 0.717) is 11.3 Å². The molecule has 27 heavy (non-hydrogen) atoms. The summed E-state index contributed by atoms with van der Waals surface area (Å²) in [4.78, 5) is 3.90. The predicted octanol–water partition coefficient (Wildman–Crippen LogP) is 4.47. The highest BCUT2D eigenvalue weighted by Gasteiger charge is 2.64.